The Balaban J connectivity index is 2.28. The Kier molecular flexibility index (Phi) is 5.64. The van der Waals surface area contributed by atoms with Crippen LogP contribution in [0.1, 0.15) is 66.2 Å². The van der Waals surface area contributed by atoms with E-state index in [0.29, 0.717) is 12.5 Å². The predicted octanol–water partition coefficient (Wildman–Crippen LogP) is 2.83. The van der Waals surface area contributed by atoms with Crippen molar-refractivity contribution in [2.75, 3.05) is 0 Å². The second-order valence-corrected chi connectivity index (χ2v) is 7.27. The van der Waals surface area contributed by atoms with Crippen LogP contribution in [0.15, 0.2) is 0 Å². The van der Waals surface area contributed by atoms with E-state index in [9.17, 15) is 4.79 Å². The van der Waals surface area contributed by atoms with Gasteiger partial charge in [-0.05, 0) is 30.6 Å². The Morgan fingerprint density at radius 1 is 1.39 bits per heavy atom. The maximum atomic E-state index is 11.9. The molecule has 1 aliphatic rings. The minimum absolute atomic E-state index is 0.0222. The number of nitrogens with two attached hydrogens (primary N) is 1. The molecule has 3 atom stereocenters. The molecule has 18 heavy (non-hydrogen) atoms. The largest absolute Gasteiger partial charge is 0.353 e. The van der Waals surface area contributed by atoms with Crippen molar-refractivity contribution in [3.8, 4) is 0 Å². The summed E-state index contributed by atoms with van der Waals surface area (Å²) in [5.74, 6) is 0.873. The zero-order valence-corrected chi connectivity index (χ0v) is 12.5. The number of carbonyl (C=O) groups excluding carboxylic acids is 1. The fraction of sp³-hybridized carbons (Fsp3) is 0.933. The van der Waals surface area contributed by atoms with E-state index in [4.69, 9.17) is 5.73 Å². The van der Waals surface area contributed by atoms with Crippen LogP contribution in [0.3, 0.4) is 0 Å². The summed E-state index contributed by atoms with van der Waals surface area (Å²) in [4.78, 5) is 11.9. The Morgan fingerprint density at radius 2 is 2.06 bits per heavy atom. The molecule has 1 fully saturated rings. The van der Waals surface area contributed by atoms with E-state index in [1.807, 2.05) is 0 Å². The minimum atomic E-state index is -0.0222. The first kappa shape index (κ1) is 15.5. The lowest BCUT2D eigenvalue weighted by Gasteiger charge is -2.28. The van der Waals surface area contributed by atoms with Crippen molar-refractivity contribution in [3.63, 3.8) is 0 Å². The summed E-state index contributed by atoms with van der Waals surface area (Å²) in [5.41, 5.74) is 6.23. The summed E-state index contributed by atoms with van der Waals surface area (Å²) in [6.45, 7) is 8.75. The second kappa shape index (κ2) is 6.55. The summed E-state index contributed by atoms with van der Waals surface area (Å²) in [5, 5.41) is 3.15. The molecule has 1 saturated carbocycles. The van der Waals surface area contributed by atoms with Gasteiger partial charge in [0, 0.05) is 18.5 Å². The van der Waals surface area contributed by atoms with Crippen molar-refractivity contribution in [3.05, 3.63) is 0 Å². The van der Waals surface area contributed by atoms with Gasteiger partial charge in [-0.1, -0.05) is 40.5 Å². The zero-order valence-electron chi connectivity index (χ0n) is 12.5. The molecule has 0 radical (unpaired) electrons. The van der Waals surface area contributed by atoms with Crippen molar-refractivity contribution in [1.29, 1.82) is 0 Å². The molecule has 1 amide bonds. The highest BCUT2D eigenvalue weighted by atomic mass is 16.1. The number of rotatable bonds is 4. The topological polar surface area (TPSA) is 55.1 Å². The molecule has 0 aliphatic heterocycles. The second-order valence-electron chi connectivity index (χ2n) is 7.27. The monoisotopic (exact) mass is 254 g/mol. The summed E-state index contributed by atoms with van der Waals surface area (Å²) in [7, 11) is 0. The fourth-order valence-corrected chi connectivity index (χ4v) is 2.95. The van der Waals surface area contributed by atoms with Gasteiger partial charge < -0.3 is 11.1 Å². The Bertz CT molecular complexity index is 270. The zero-order chi connectivity index (χ0) is 13.8. The van der Waals surface area contributed by atoms with Gasteiger partial charge >= 0.3 is 0 Å². The van der Waals surface area contributed by atoms with Gasteiger partial charge in [0.2, 0.25) is 5.91 Å². The smallest absolute Gasteiger partial charge is 0.221 e. The lowest BCUT2D eigenvalue weighted by Crippen LogP contribution is -2.41. The third-order valence-electron chi connectivity index (χ3n) is 3.62. The summed E-state index contributed by atoms with van der Waals surface area (Å²) >= 11 is 0. The first-order valence-electron chi connectivity index (χ1n) is 7.31. The highest BCUT2D eigenvalue weighted by Gasteiger charge is 2.22. The minimum Gasteiger partial charge on any atom is -0.353 e. The van der Waals surface area contributed by atoms with Gasteiger partial charge in [0.05, 0.1) is 0 Å². The van der Waals surface area contributed by atoms with Crippen LogP contribution in [0.4, 0.5) is 0 Å². The van der Waals surface area contributed by atoms with Gasteiger partial charge in [-0.25, -0.2) is 0 Å². The highest BCUT2D eigenvalue weighted by molar-refractivity contribution is 5.76. The average molecular weight is 254 g/mol. The van der Waals surface area contributed by atoms with E-state index < -0.39 is 0 Å². The lowest BCUT2D eigenvalue weighted by molar-refractivity contribution is -0.122. The molecule has 0 spiro atoms. The Morgan fingerprint density at radius 3 is 2.61 bits per heavy atom. The number of amides is 1. The number of carbonyl (C=O) groups is 1. The summed E-state index contributed by atoms with van der Waals surface area (Å²) in [6.07, 6.45) is 6.14. The molecule has 0 bridgehead atoms. The average Bonchev–Trinajstić information content (AvgIpc) is 2.13. The molecular weight excluding hydrogens is 224 g/mol. The molecule has 3 heteroatoms. The standard InChI is InChI=1S/C15H30N2O/c1-11-6-5-7-13(8-11)17-14(18)9-12(16)10-15(2,3)4/h11-13H,5-10,16H2,1-4H3,(H,17,18). The maximum absolute atomic E-state index is 11.9. The van der Waals surface area contributed by atoms with E-state index in [0.717, 1.165) is 25.2 Å². The van der Waals surface area contributed by atoms with Crippen molar-refractivity contribution in [1.82, 2.24) is 5.32 Å². The van der Waals surface area contributed by atoms with E-state index in [1.54, 1.807) is 0 Å². The van der Waals surface area contributed by atoms with E-state index in [1.165, 1.54) is 12.8 Å². The van der Waals surface area contributed by atoms with Gasteiger partial charge in [0.1, 0.15) is 0 Å². The fourth-order valence-electron chi connectivity index (χ4n) is 2.95. The van der Waals surface area contributed by atoms with Gasteiger partial charge in [-0.15, -0.1) is 0 Å². The number of hydrogen-bond donors (Lipinski definition) is 2. The molecule has 0 aromatic carbocycles. The summed E-state index contributed by atoms with van der Waals surface area (Å²) < 4.78 is 0. The van der Waals surface area contributed by atoms with E-state index >= 15 is 0 Å². The molecule has 1 rings (SSSR count). The molecule has 0 aromatic rings. The van der Waals surface area contributed by atoms with Crippen molar-refractivity contribution in [2.45, 2.75) is 78.3 Å². The molecule has 0 saturated heterocycles. The molecular formula is C15H30N2O. The van der Waals surface area contributed by atoms with Gasteiger partial charge in [0.15, 0.2) is 0 Å². The van der Waals surface area contributed by atoms with E-state index in [-0.39, 0.29) is 17.4 Å². The van der Waals surface area contributed by atoms with Crippen LogP contribution in [0.2, 0.25) is 0 Å². The van der Waals surface area contributed by atoms with Crippen molar-refractivity contribution in [2.24, 2.45) is 17.1 Å². The van der Waals surface area contributed by atoms with E-state index in [2.05, 4.69) is 33.0 Å². The predicted molar refractivity (Wildman–Crippen MR) is 76.2 cm³/mol. The molecule has 1 aliphatic carbocycles. The molecule has 3 unspecified atom stereocenters. The molecule has 3 N–H and O–H groups in total. The molecule has 3 nitrogen and oxygen atoms in total. The van der Waals surface area contributed by atoms with Crippen molar-refractivity contribution < 1.29 is 4.79 Å². The molecule has 0 aromatic heterocycles. The summed E-state index contributed by atoms with van der Waals surface area (Å²) in [6, 6.07) is 0.356. The third-order valence-corrected chi connectivity index (χ3v) is 3.62. The Hall–Kier alpha value is -0.570. The van der Waals surface area contributed by atoms with Crippen molar-refractivity contribution >= 4 is 5.91 Å². The number of hydrogen-bond acceptors (Lipinski definition) is 2. The van der Waals surface area contributed by atoms with Crippen LogP contribution in [-0.4, -0.2) is 18.0 Å². The first-order chi connectivity index (χ1) is 8.26. The third kappa shape index (κ3) is 6.39. The SMILES string of the molecule is CC1CCCC(NC(=O)CC(N)CC(C)(C)C)C1. The first-order valence-corrected chi connectivity index (χ1v) is 7.31. The van der Waals surface area contributed by atoms with Gasteiger partial charge in [-0.3, -0.25) is 4.79 Å². The van der Waals surface area contributed by atoms with Crippen LogP contribution in [0.5, 0.6) is 0 Å². The Labute approximate surface area is 112 Å². The molecule has 0 heterocycles. The maximum Gasteiger partial charge on any atom is 0.221 e. The van der Waals surface area contributed by atoms with Crippen LogP contribution in [0.25, 0.3) is 0 Å². The quantitative estimate of drug-likeness (QED) is 0.810. The van der Waals surface area contributed by atoms with Crippen LogP contribution >= 0.6 is 0 Å². The lowest BCUT2D eigenvalue weighted by atomic mass is 9.86. The number of nitrogens with one attached hydrogen (secondary N) is 1. The van der Waals surface area contributed by atoms with Gasteiger partial charge in [-0.2, -0.15) is 0 Å². The normalized spacial score (nSPS) is 26.7. The highest BCUT2D eigenvalue weighted by Crippen LogP contribution is 2.24. The van der Waals surface area contributed by atoms with Crippen LogP contribution in [-0.2, 0) is 4.79 Å². The van der Waals surface area contributed by atoms with Crippen LogP contribution in [0, 0.1) is 11.3 Å². The molecule has 106 valence electrons. The van der Waals surface area contributed by atoms with Gasteiger partial charge in [0.25, 0.3) is 0 Å². The van der Waals surface area contributed by atoms with Crippen LogP contribution < -0.4 is 11.1 Å².